The molecule has 1 atom stereocenters. The molecule has 1 amide bonds. The summed E-state index contributed by atoms with van der Waals surface area (Å²) in [5, 5.41) is 2.66. The van der Waals surface area contributed by atoms with Gasteiger partial charge in [0, 0.05) is 31.7 Å². The average Bonchev–Trinajstić information content (AvgIpc) is 3.19. The molecule has 6 nitrogen and oxygen atoms in total. The highest BCUT2D eigenvalue weighted by molar-refractivity contribution is 7.89. The number of anilines is 1. The van der Waals surface area contributed by atoms with E-state index in [0.717, 1.165) is 32.5 Å². The minimum atomic E-state index is -3.48. The van der Waals surface area contributed by atoms with Gasteiger partial charge in [-0.15, -0.1) is 0 Å². The molecule has 2 fully saturated rings. The van der Waals surface area contributed by atoms with Crippen LogP contribution >= 0.6 is 0 Å². The van der Waals surface area contributed by atoms with Gasteiger partial charge in [0.2, 0.25) is 15.9 Å². The van der Waals surface area contributed by atoms with Gasteiger partial charge in [-0.25, -0.2) is 8.42 Å². The van der Waals surface area contributed by atoms with Crippen LogP contribution in [0.4, 0.5) is 5.69 Å². The van der Waals surface area contributed by atoms with Crippen LogP contribution in [-0.4, -0.2) is 55.8 Å². The monoisotopic (exact) mass is 351 g/mol. The smallest absolute Gasteiger partial charge is 0.243 e. The van der Waals surface area contributed by atoms with Crippen LogP contribution in [0, 0.1) is 0 Å². The first-order valence-electron chi connectivity index (χ1n) is 8.59. The quantitative estimate of drug-likeness (QED) is 0.880. The number of carbonyl (C=O) groups is 1. The van der Waals surface area contributed by atoms with E-state index in [2.05, 4.69) is 10.2 Å². The molecule has 24 heavy (non-hydrogen) atoms. The van der Waals surface area contributed by atoms with Gasteiger partial charge in [0.05, 0.1) is 4.90 Å². The lowest BCUT2D eigenvalue weighted by molar-refractivity contribution is -0.114. The number of nitrogens with one attached hydrogen (secondary N) is 1. The molecule has 2 aliphatic heterocycles. The molecule has 0 bridgehead atoms. The number of rotatable bonds is 5. The number of hydrogen-bond donors (Lipinski definition) is 1. The maximum Gasteiger partial charge on any atom is 0.243 e. The van der Waals surface area contributed by atoms with Gasteiger partial charge in [-0.3, -0.25) is 4.79 Å². The zero-order chi connectivity index (χ0) is 17.2. The second kappa shape index (κ2) is 7.21. The minimum absolute atomic E-state index is 0.0723. The van der Waals surface area contributed by atoms with Crippen LogP contribution in [0.2, 0.25) is 0 Å². The summed E-state index contributed by atoms with van der Waals surface area (Å²) in [6, 6.07) is 6.50. The van der Waals surface area contributed by atoms with E-state index >= 15 is 0 Å². The highest BCUT2D eigenvalue weighted by atomic mass is 32.2. The van der Waals surface area contributed by atoms with Crippen molar-refractivity contribution in [2.45, 2.75) is 43.5 Å². The summed E-state index contributed by atoms with van der Waals surface area (Å²) in [6.07, 6.45) is 4.27. The molecule has 2 saturated heterocycles. The molecular formula is C17H25N3O3S. The van der Waals surface area contributed by atoms with Crippen molar-refractivity contribution >= 4 is 21.6 Å². The average molecular weight is 351 g/mol. The Morgan fingerprint density at radius 3 is 2.42 bits per heavy atom. The summed E-state index contributed by atoms with van der Waals surface area (Å²) in [5.41, 5.74) is 0.608. The van der Waals surface area contributed by atoms with Crippen LogP contribution in [-0.2, 0) is 14.8 Å². The number of amides is 1. The van der Waals surface area contributed by atoms with Gasteiger partial charge in [0.25, 0.3) is 0 Å². The first kappa shape index (κ1) is 17.4. The summed E-state index contributed by atoms with van der Waals surface area (Å²) in [6.45, 7) is 5.01. The molecule has 1 N–H and O–H groups in total. The topological polar surface area (TPSA) is 69.7 Å². The zero-order valence-corrected chi connectivity index (χ0v) is 14.9. The predicted molar refractivity (Wildman–Crippen MR) is 93.3 cm³/mol. The van der Waals surface area contributed by atoms with Gasteiger partial charge in [0.1, 0.15) is 0 Å². The third-order valence-corrected chi connectivity index (χ3v) is 6.74. The van der Waals surface area contributed by atoms with Crippen molar-refractivity contribution in [1.82, 2.24) is 9.21 Å². The number of hydrogen-bond acceptors (Lipinski definition) is 4. The fourth-order valence-corrected chi connectivity index (χ4v) is 5.31. The number of benzene rings is 1. The van der Waals surface area contributed by atoms with E-state index in [4.69, 9.17) is 0 Å². The third-order valence-electron chi connectivity index (χ3n) is 4.77. The Bertz CT molecular complexity index is 682. The van der Waals surface area contributed by atoms with E-state index in [1.54, 1.807) is 28.6 Å². The molecule has 0 spiro atoms. The van der Waals surface area contributed by atoms with Crippen LogP contribution in [0.3, 0.4) is 0 Å². The second-order valence-corrected chi connectivity index (χ2v) is 8.52. The summed E-state index contributed by atoms with van der Waals surface area (Å²) in [4.78, 5) is 13.7. The molecule has 1 aromatic rings. The molecule has 0 aliphatic carbocycles. The van der Waals surface area contributed by atoms with Crippen molar-refractivity contribution in [2.75, 3.05) is 31.5 Å². The summed E-state index contributed by atoms with van der Waals surface area (Å²) in [5.74, 6) is -0.171. The van der Waals surface area contributed by atoms with Crippen LogP contribution < -0.4 is 5.32 Å². The molecule has 0 aromatic heterocycles. The molecule has 7 heteroatoms. The molecule has 0 radical (unpaired) electrons. The molecule has 132 valence electrons. The van der Waals surface area contributed by atoms with Crippen molar-refractivity contribution in [3.05, 3.63) is 24.3 Å². The van der Waals surface area contributed by atoms with E-state index in [9.17, 15) is 13.2 Å². The lowest BCUT2D eigenvalue weighted by Crippen LogP contribution is -2.42. The highest BCUT2D eigenvalue weighted by Gasteiger charge is 2.36. The van der Waals surface area contributed by atoms with Crippen molar-refractivity contribution in [3.8, 4) is 0 Å². The Hall–Kier alpha value is -1.44. The standard InChI is InChI=1S/C17H25N3O3S/c1-14(21)18-15-6-8-17(9-7-15)24(22,23)20-12-4-5-16(20)13-19-10-2-3-11-19/h6-9,16H,2-5,10-13H2,1H3,(H,18,21)/t16-/m0/s1. The minimum Gasteiger partial charge on any atom is -0.326 e. The van der Waals surface area contributed by atoms with Crippen LogP contribution in [0.25, 0.3) is 0 Å². The van der Waals surface area contributed by atoms with Crippen LogP contribution in [0.15, 0.2) is 29.2 Å². The van der Waals surface area contributed by atoms with Crippen molar-refractivity contribution in [2.24, 2.45) is 0 Å². The fraction of sp³-hybridized carbons (Fsp3) is 0.588. The summed E-state index contributed by atoms with van der Waals surface area (Å²) >= 11 is 0. The molecule has 2 heterocycles. The third kappa shape index (κ3) is 3.79. The van der Waals surface area contributed by atoms with E-state index in [-0.39, 0.29) is 11.9 Å². The lowest BCUT2D eigenvalue weighted by Gasteiger charge is -2.28. The second-order valence-electron chi connectivity index (χ2n) is 6.63. The lowest BCUT2D eigenvalue weighted by atomic mass is 10.2. The normalized spacial score (nSPS) is 22.8. The molecule has 1 aromatic carbocycles. The first-order chi connectivity index (χ1) is 11.5. The van der Waals surface area contributed by atoms with Gasteiger partial charge in [0.15, 0.2) is 0 Å². The van der Waals surface area contributed by atoms with Crippen molar-refractivity contribution in [3.63, 3.8) is 0 Å². The summed E-state index contributed by atoms with van der Waals surface area (Å²) in [7, 11) is -3.48. The maximum absolute atomic E-state index is 13.0. The Labute approximate surface area is 143 Å². The van der Waals surface area contributed by atoms with Crippen LogP contribution in [0.5, 0.6) is 0 Å². The molecule has 0 saturated carbocycles. The van der Waals surface area contributed by atoms with E-state index < -0.39 is 10.0 Å². The number of sulfonamides is 1. The number of likely N-dealkylation sites (tertiary alicyclic amines) is 1. The summed E-state index contributed by atoms with van der Waals surface area (Å²) < 4.78 is 27.6. The van der Waals surface area contributed by atoms with E-state index in [1.807, 2.05) is 0 Å². The Kier molecular flexibility index (Phi) is 5.22. The van der Waals surface area contributed by atoms with Gasteiger partial charge >= 0.3 is 0 Å². The Balaban J connectivity index is 1.74. The highest BCUT2D eigenvalue weighted by Crippen LogP contribution is 2.28. The number of carbonyl (C=O) groups excluding carboxylic acids is 1. The van der Waals surface area contributed by atoms with Gasteiger partial charge < -0.3 is 10.2 Å². The van der Waals surface area contributed by atoms with E-state index in [0.29, 0.717) is 17.1 Å². The molecule has 3 rings (SSSR count). The maximum atomic E-state index is 13.0. The van der Waals surface area contributed by atoms with Gasteiger partial charge in [-0.05, 0) is 63.0 Å². The Morgan fingerprint density at radius 1 is 1.12 bits per heavy atom. The zero-order valence-electron chi connectivity index (χ0n) is 14.1. The van der Waals surface area contributed by atoms with Crippen molar-refractivity contribution in [1.29, 1.82) is 0 Å². The molecular weight excluding hydrogens is 326 g/mol. The first-order valence-corrected chi connectivity index (χ1v) is 10.0. The van der Waals surface area contributed by atoms with Gasteiger partial charge in [-0.2, -0.15) is 4.31 Å². The predicted octanol–water partition coefficient (Wildman–Crippen LogP) is 1.89. The largest absolute Gasteiger partial charge is 0.326 e. The van der Waals surface area contributed by atoms with Gasteiger partial charge in [-0.1, -0.05) is 0 Å². The number of nitrogens with zero attached hydrogens (tertiary/aromatic N) is 2. The van der Waals surface area contributed by atoms with E-state index in [1.165, 1.54) is 19.8 Å². The Morgan fingerprint density at radius 2 is 1.79 bits per heavy atom. The SMILES string of the molecule is CC(=O)Nc1ccc(S(=O)(=O)N2CCC[C@H]2CN2CCCC2)cc1. The van der Waals surface area contributed by atoms with Crippen LogP contribution in [0.1, 0.15) is 32.6 Å². The fourth-order valence-electron chi connectivity index (χ4n) is 3.62. The molecule has 2 aliphatic rings. The molecule has 0 unspecified atom stereocenters. The van der Waals surface area contributed by atoms with Crippen molar-refractivity contribution < 1.29 is 13.2 Å².